The van der Waals surface area contributed by atoms with Crippen molar-refractivity contribution < 1.29 is 37.3 Å². The minimum atomic E-state index is -4.48. The van der Waals surface area contributed by atoms with E-state index in [0.29, 0.717) is 17.2 Å². The summed E-state index contributed by atoms with van der Waals surface area (Å²) in [6.45, 7) is -0.284. The average Bonchev–Trinajstić information content (AvgIpc) is 3.13. The van der Waals surface area contributed by atoms with Gasteiger partial charge in [0, 0.05) is 18.3 Å². The standard InChI is InChI=1S/C18H15F3N2O5/c19-18(20,21)11-3-1-10(2-4-11)13(24)8-22-16(25)17(26)23-12-5-6-14-15(7-12)28-9-27-14/h1-7,13,24H,8-9H2,(H,22,25)(H,23,26)/t13-/m0/s1. The van der Waals surface area contributed by atoms with Crippen molar-refractivity contribution in [2.24, 2.45) is 0 Å². The minimum absolute atomic E-state index is 0.0645. The van der Waals surface area contributed by atoms with Gasteiger partial charge in [0.2, 0.25) is 6.79 Å². The molecule has 0 bridgehead atoms. The molecule has 28 heavy (non-hydrogen) atoms. The highest BCUT2D eigenvalue weighted by atomic mass is 19.4. The molecule has 2 amide bonds. The number of fused-ring (bicyclic) bond motifs is 1. The molecule has 10 heteroatoms. The van der Waals surface area contributed by atoms with Crippen LogP contribution in [0.2, 0.25) is 0 Å². The summed E-state index contributed by atoms with van der Waals surface area (Å²) in [6, 6.07) is 8.45. The minimum Gasteiger partial charge on any atom is -0.454 e. The number of carbonyl (C=O) groups excluding carboxylic acids is 2. The lowest BCUT2D eigenvalue weighted by Crippen LogP contribution is -2.37. The van der Waals surface area contributed by atoms with Gasteiger partial charge in [-0.05, 0) is 29.8 Å². The van der Waals surface area contributed by atoms with Crippen molar-refractivity contribution in [1.29, 1.82) is 0 Å². The smallest absolute Gasteiger partial charge is 0.416 e. The van der Waals surface area contributed by atoms with Gasteiger partial charge in [0.05, 0.1) is 11.7 Å². The summed E-state index contributed by atoms with van der Waals surface area (Å²) in [6.07, 6.45) is -5.76. The number of carbonyl (C=O) groups is 2. The Morgan fingerprint density at radius 2 is 1.71 bits per heavy atom. The summed E-state index contributed by atoms with van der Waals surface area (Å²) in [5.74, 6) is -1.04. The molecule has 1 aliphatic heterocycles. The lowest BCUT2D eigenvalue weighted by molar-refractivity contribution is -0.137. The molecule has 0 unspecified atom stereocenters. The van der Waals surface area contributed by atoms with Crippen molar-refractivity contribution >= 4 is 17.5 Å². The maximum absolute atomic E-state index is 12.5. The van der Waals surface area contributed by atoms with Crippen molar-refractivity contribution in [2.45, 2.75) is 12.3 Å². The van der Waals surface area contributed by atoms with E-state index in [9.17, 15) is 27.9 Å². The number of nitrogens with one attached hydrogen (secondary N) is 2. The van der Waals surface area contributed by atoms with Crippen LogP contribution in [0, 0.1) is 0 Å². The van der Waals surface area contributed by atoms with Gasteiger partial charge in [-0.15, -0.1) is 0 Å². The second-order valence-electron chi connectivity index (χ2n) is 5.87. The summed E-state index contributed by atoms with van der Waals surface area (Å²) in [5, 5.41) is 14.6. The Morgan fingerprint density at radius 3 is 2.39 bits per heavy atom. The monoisotopic (exact) mass is 396 g/mol. The van der Waals surface area contributed by atoms with Gasteiger partial charge in [-0.1, -0.05) is 12.1 Å². The highest BCUT2D eigenvalue weighted by molar-refractivity contribution is 6.39. The Kier molecular flexibility index (Phi) is 5.41. The number of hydrogen-bond acceptors (Lipinski definition) is 5. The maximum Gasteiger partial charge on any atom is 0.416 e. The van der Waals surface area contributed by atoms with E-state index in [2.05, 4.69) is 10.6 Å². The Hall–Kier alpha value is -3.27. The fraction of sp³-hybridized carbons (Fsp3) is 0.222. The lowest BCUT2D eigenvalue weighted by Gasteiger charge is -2.13. The molecule has 2 aromatic carbocycles. The second-order valence-corrected chi connectivity index (χ2v) is 5.87. The predicted octanol–water partition coefficient (Wildman–Crippen LogP) is 2.22. The van der Waals surface area contributed by atoms with Crippen LogP contribution >= 0.6 is 0 Å². The van der Waals surface area contributed by atoms with Crippen LogP contribution < -0.4 is 20.1 Å². The molecule has 3 rings (SSSR count). The van der Waals surface area contributed by atoms with Crippen LogP contribution in [0.3, 0.4) is 0 Å². The molecule has 0 radical (unpaired) electrons. The van der Waals surface area contributed by atoms with Gasteiger partial charge >= 0.3 is 18.0 Å². The van der Waals surface area contributed by atoms with E-state index in [0.717, 1.165) is 24.3 Å². The van der Waals surface area contributed by atoms with Crippen LogP contribution in [-0.2, 0) is 15.8 Å². The first-order valence-corrected chi connectivity index (χ1v) is 8.08. The third-order valence-electron chi connectivity index (χ3n) is 3.92. The van der Waals surface area contributed by atoms with Gasteiger partial charge in [0.1, 0.15) is 0 Å². The summed E-state index contributed by atoms with van der Waals surface area (Å²) in [7, 11) is 0. The fourth-order valence-corrected chi connectivity index (χ4v) is 2.44. The Bertz CT molecular complexity index is 884. The molecule has 1 heterocycles. The quantitative estimate of drug-likeness (QED) is 0.689. The van der Waals surface area contributed by atoms with Gasteiger partial charge in [-0.25, -0.2) is 0 Å². The van der Waals surface area contributed by atoms with Gasteiger partial charge in [0.15, 0.2) is 11.5 Å². The zero-order valence-electron chi connectivity index (χ0n) is 14.2. The average molecular weight is 396 g/mol. The van der Waals surface area contributed by atoms with Crippen LogP contribution in [0.4, 0.5) is 18.9 Å². The number of aliphatic hydroxyl groups is 1. The Labute approximate surface area is 157 Å². The molecule has 1 aliphatic rings. The maximum atomic E-state index is 12.5. The first-order chi connectivity index (χ1) is 13.2. The molecule has 148 valence electrons. The Balaban J connectivity index is 1.52. The molecule has 0 saturated carbocycles. The summed E-state index contributed by atoms with van der Waals surface area (Å²) < 4.78 is 47.9. The largest absolute Gasteiger partial charge is 0.454 e. The van der Waals surface area contributed by atoms with Crippen molar-refractivity contribution in [3.63, 3.8) is 0 Å². The zero-order chi connectivity index (χ0) is 20.3. The number of amides is 2. The van der Waals surface area contributed by atoms with Crippen LogP contribution in [0.1, 0.15) is 17.2 Å². The molecule has 3 N–H and O–H groups in total. The molecule has 0 aromatic heterocycles. The molecule has 0 aliphatic carbocycles. The van der Waals surface area contributed by atoms with E-state index in [1.807, 2.05) is 0 Å². The molecule has 7 nitrogen and oxygen atoms in total. The SMILES string of the molecule is O=C(NC[C@H](O)c1ccc(C(F)(F)F)cc1)C(=O)Nc1ccc2c(c1)OCO2. The molecule has 0 spiro atoms. The van der Waals surface area contributed by atoms with Gasteiger partial charge in [0.25, 0.3) is 0 Å². The van der Waals surface area contributed by atoms with Gasteiger partial charge in [-0.3, -0.25) is 9.59 Å². The lowest BCUT2D eigenvalue weighted by atomic mass is 10.1. The number of alkyl halides is 3. The summed E-state index contributed by atoms with van der Waals surface area (Å²) in [4.78, 5) is 23.8. The summed E-state index contributed by atoms with van der Waals surface area (Å²) >= 11 is 0. The van der Waals surface area contributed by atoms with Crippen LogP contribution in [-0.4, -0.2) is 30.3 Å². The van der Waals surface area contributed by atoms with E-state index in [4.69, 9.17) is 9.47 Å². The number of aliphatic hydroxyl groups excluding tert-OH is 1. The normalized spacial score (nSPS) is 13.7. The van der Waals surface area contributed by atoms with Gasteiger partial charge < -0.3 is 25.2 Å². The van der Waals surface area contributed by atoms with Crippen LogP contribution in [0.5, 0.6) is 11.5 Å². The predicted molar refractivity (Wildman–Crippen MR) is 90.6 cm³/mol. The van der Waals surface area contributed by atoms with E-state index in [1.54, 1.807) is 6.07 Å². The van der Waals surface area contributed by atoms with E-state index in [1.165, 1.54) is 12.1 Å². The van der Waals surface area contributed by atoms with E-state index >= 15 is 0 Å². The fourth-order valence-electron chi connectivity index (χ4n) is 2.44. The van der Waals surface area contributed by atoms with Crippen molar-refractivity contribution in [1.82, 2.24) is 5.32 Å². The molecule has 0 saturated heterocycles. The molecular formula is C18H15F3N2O5. The van der Waals surface area contributed by atoms with E-state index < -0.39 is 29.7 Å². The number of halogens is 3. The molecule has 1 atom stereocenters. The van der Waals surface area contributed by atoms with Gasteiger partial charge in [-0.2, -0.15) is 13.2 Å². The molecule has 0 fully saturated rings. The topological polar surface area (TPSA) is 96.9 Å². The van der Waals surface area contributed by atoms with Crippen molar-refractivity contribution in [3.8, 4) is 11.5 Å². The zero-order valence-corrected chi connectivity index (χ0v) is 14.2. The second kappa shape index (κ2) is 7.77. The van der Waals surface area contributed by atoms with Crippen LogP contribution in [0.15, 0.2) is 42.5 Å². The molecular weight excluding hydrogens is 381 g/mol. The summed E-state index contributed by atoms with van der Waals surface area (Å²) in [5.41, 5.74) is -0.368. The molecule has 2 aromatic rings. The number of benzene rings is 2. The highest BCUT2D eigenvalue weighted by Gasteiger charge is 2.30. The van der Waals surface area contributed by atoms with Crippen molar-refractivity contribution in [3.05, 3.63) is 53.6 Å². The number of anilines is 1. The first kappa shape index (κ1) is 19.5. The van der Waals surface area contributed by atoms with Crippen LogP contribution in [0.25, 0.3) is 0 Å². The number of hydrogen-bond donors (Lipinski definition) is 3. The Morgan fingerprint density at radius 1 is 1.04 bits per heavy atom. The number of ether oxygens (including phenoxy) is 2. The number of rotatable bonds is 4. The first-order valence-electron chi connectivity index (χ1n) is 8.08. The third-order valence-corrected chi connectivity index (χ3v) is 3.92. The third kappa shape index (κ3) is 4.52. The van der Waals surface area contributed by atoms with E-state index in [-0.39, 0.29) is 18.9 Å². The van der Waals surface area contributed by atoms with Crippen molar-refractivity contribution in [2.75, 3.05) is 18.7 Å². The highest BCUT2D eigenvalue weighted by Crippen LogP contribution is 2.34.